The van der Waals surface area contributed by atoms with E-state index in [0.29, 0.717) is 0 Å². The number of sulfonamides is 1. The quantitative estimate of drug-likeness (QED) is 0.550. The van der Waals surface area contributed by atoms with Gasteiger partial charge in [-0.05, 0) is 12.8 Å². The van der Waals surface area contributed by atoms with Gasteiger partial charge < -0.3 is 10.5 Å². The molecule has 7 heteroatoms. The molecule has 1 rings (SSSR count). The van der Waals surface area contributed by atoms with Crippen molar-refractivity contribution in [3.63, 3.8) is 0 Å². The average Bonchev–Trinajstić information content (AvgIpc) is 2.52. The van der Waals surface area contributed by atoms with Crippen LogP contribution in [0.25, 0.3) is 0 Å². The van der Waals surface area contributed by atoms with E-state index >= 15 is 0 Å². The van der Waals surface area contributed by atoms with Gasteiger partial charge in [0.25, 0.3) is 0 Å². The van der Waals surface area contributed by atoms with Gasteiger partial charge in [0.15, 0.2) is 5.75 Å². The SMILES string of the molecule is COC(=O)CS(=O)(=O)NCC1(N)CCCCCC1. The smallest absolute Gasteiger partial charge is 0.322 e. The highest BCUT2D eigenvalue weighted by Crippen LogP contribution is 2.24. The lowest BCUT2D eigenvalue weighted by atomic mass is 9.92. The summed E-state index contributed by atoms with van der Waals surface area (Å²) in [5.74, 6) is -1.42. The van der Waals surface area contributed by atoms with Gasteiger partial charge in [-0.1, -0.05) is 25.7 Å². The van der Waals surface area contributed by atoms with Crippen molar-refractivity contribution < 1.29 is 17.9 Å². The number of hydrogen-bond donors (Lipinski definition) is 2. The van der Waals surface area contributed by atoms with Gasteiger partial charge in [-0.15, -0.1) is 0 Å². The number of carbonyl (C=O) groups excluding carboxylic acids is 1. The van der Waals surface area contributed by atoms with Crippen molar-refractivity contribution in [3.05, 3.63) is 0 Å². The van der Waals surface area contributed by atoms with E-state index in [0.717, 1.165) is 45.6 Å². The molecule has 3 N–H and O–H groups in total. The van der Waals surface area contributed by atoms with Gasteiger partial charge in [-0.3, -0.25) is 4.79 Å². The first-order valence-electron chi connectivity index (χ1n) is 6.20. The van der Waals surface area contributed by atoms with Crippen LogP contribution < -0.4 is 10.5 Å². The highest BCUT2D eigenvalue weighted by molar-refractivity contribution is 7.90. The molecule has 1 fully saturated rings. The Morgan fingerprint density at radius 3 is 2.33 bits per heavy atom. The fourth-order valence-electron chi connectivity index (χ4n) is 2.13. The minimum absolute atomic E-state index is 0.187. The van der Waals surface area contributed by atoms with Gasteiger partial charge in [0.2, 0.25) is 10.0 Å². The molecule has 0 amide bonds. The zero-order valence-corrected chi connectivity index (χ0v) is 11.6. The van der Waals surface area contributed by atoms with E-state index in [1.54, 1.807) is 0 Å². The number of methoxy groups -OCH3 is 1. The predicted molar refractivity (Wildman–Crippen MR) is 68.4 cm³/mol. The lowest BCUT2D eigenvalue weighted by Gasteiger charge is -2.28. The van der Waals surface area contributed by atoms with E-state index in [2.05, 4.69) is 9.46 Å². The highest BCUT2D eigenvalue weighted by Gasteiger charge is 2.28. The Labute approximate surface area is 108 Å². The molecule has 6 nitrogen and oxygen atoms in total. The molecule has 0 aromatic heterocycles. The number of rotatable bonds is 5. The van der Waals surface area contributed by atoms with Crippen LogP contribution in [0.4, 0.5) is 0 Å². The normalized spacial score (nSPS) is 20.1. The van der Waals surface area contributed by atoms with Crippen LogP contribution in [-0.4, -0.2) is 39.3 Å². The number of nitrogens with one attached hydrogen (secondary N) is 1. The van der Waals surface area contributed by atoms with Gasteiger partial charge in [-0.2, -0.15) is 0 Å². The van der Waals surface area contributed by atoms with Crippen LogP contribution in [0, 0.1) is 0 Å². The summed E-state index contributed by atoms with van der Waals surface area (Å²) in [5, 5.41) is 0. The van der Waals surface area contributed by atoms with Crippen molar-refractivity contribution in [2.75, 3.05) is 19.4 Å². The molecule has 1 aliphatic rings. The Hall–Kier alpha value is -0.660. The van der Waals surface area contributed by atoms with Crippen molar-refractivity contribution in [3.8, 4) is 0 Å². The summed E-state index contributed by atoms with van der Waals surface area (Å²) in [5.41, 5.74) is 5.70. The van der Waals surface area contributed by atoms with Crippen molar-refractivity contribution >= 4 is 16.0 Å². The first-order chi connectivity index (χ1) is 8.37. The van der Waals surface area contributed by atoms with Crippen LogP contribution in [0.15, 0.2) is 0 Å². The van der Waals surface area contributed by atoms with Gasteiger partial charge in [0, 0.05) is 12.1 Å². The van der Waals surface area contributed by atoms with Crippen molar-refractivity contribution in [1.82, 2.24) is 4.72 Å². The lowest BCUT2D eigenvalue weighted by Crippen LogP contribution is -2.50. The fraction of sp³-hybridized carbons (Fsp3) is 0.909. The molecule has 0 bridgehead atoms. The summed E-state index contributed by atoms with van der Waals surface area (Å²) in [6, 6.07) is 0. The molecular formula is C11H22N2O4S. The van der Waals surface area contributed by atoms with Crippen LogP contribution >= 0.6 is 0 Å². The summed E-state index contributed by atoms with van der Waals surface area (Å²) in [6.07, 6.45) is 5.97. The maximum absolute atomic E-state index is 11.6. The Bertz CT molecular complexity index is 373. The molecule has 0 atom stereocenters. The monoisotopic (exact) mass is 278 g/mol. The third kappa shape index (κ3) is 5.32. The summed E-state index contributed by atoms with van der Waals surface area (Å²) in [7, 11) is -2.49. The van der Waals surface area contributed by atoms with Gasteiger partial charge >= 0.3 is 5.97 Å². The first kappa shape index (κ1) is 15.4. The number of hydrogen-bond acceptors (Lipinski definition) is 5. The van der Waals surface area contributed by atoms with Gasteiger partial charge in [0.1, 0.15) is 0 Å². The van der Waals surface area contributed by atoms with Crippen molar-refractivity contribution in [1.29, 1.82) is 0 Å². The van der Waals surface area contributed by atoms with Crippen LogP contribution in [0.5, 0.6) is 0 Å². The molecule has 1 saturated carbocycles. The van der Waals surface area contributed by atoms with Gasteiger partial charge in [-0.25, -0.2) is 13.1 Å². The lowest BCUT2D eigenvalue weighted by molar-refractivity contribution is -0.137. The molecule has 0 aromatic carbocycles. The second-order valence-electron chi connectivity index (χ2n) is 4.93. The molecule has 0 spiro atoms. The van der Waals surface area contributed by atoms with E-state index in [9.17, 15) is 13.2 Å². The predicted octanol–water partition coefficient (Wildman–Crippen LogP) is 0.131. The summed E-state index contributed by atoms with van der Waals surface area (Å²) in [4.78, 5) is 10.9. The second-order valence-corrected chi connectivity index (χ2v) is 6.74. The molecule has 0 unspecified atom stereocenters. The maximum atomic E-state index is 11.6. The van der Waals surface area contributed by atoms with Crippen molar-refractivity contribution in [2.24, 2.45) is 5.73 Å². The van der Waals surface area contributed by atoms with Crippen molar-refractivity contribution in [2.45, 2.75) is 44.1 Å². The Balaban J connectivity index is 2.49. The summed E-state index contributed by atoms with van der Waals surface area (Å²) in [6.45, 7) is 0.187. The second kappa shape index (κ2) is 6.49. The third-order valence-corrected chi connectivity index (χ3v) is 4.48. The van der Waals surface area contributed by atoms with Crippen LogP contribution in [0.1, 0.15) is 38.5 Å². The first-order valence-corrected chi connectivity index (χ1v) is 7.85. The molecular weight excluding hydrogens is 256 g/mol. The minimum atomic E-state index is -3.65. The highest BCUT2D eigenvalue weighted by atomic mass is 32.2. The fourth-order valence-corrected chi connectivity index (χ4v) is 3.17. The molecule has 0 saturated heterocycles. The maximum Gasteiger partial charge on any atom is 0.322 e. The number of ether oxygens (including phenoxy) is 1. The Morgan fingerprint density at radius 2 is 1.83 bits per heavy atom. The largest absolute Gasteiger partial charge is 0.468 e. The molecule has 106 valence electrons. The zero-order valence-electron chi connectivity index (χ0n) is 10.8. The molecule has 18 heavy (non-hydrogen) atoms. The summed E-state index contributed by atoms with van der Waals surface area (Å²) < 4.78 is 29.9. The average molecular weight is 278 g/mol. The van der Waals surface area contributed by atoms with E-state index in [4.69, 9.17) is 5.73 Å². The summed E-state index contributed by atoms with van der Waals surface area (Å²) >= 11 is 0. The molecule has 0 aliphatic heterocycles. The van der Waals surface area contributed by atoms with Crippen LogP contribution in [0.2, 0.25) is 0 Å². The van der Waals surface area contributed by atoms with Gasteiger partial charge in [0.05, 0.1) is 7.11 Å². The molecule has 0 heterocycles. The number of nitrogens with two attached hydrogens (primary N) is 1. The number of esters is 1. The molecule has 1 aliphatic carbocycles. The van der Waals surface area contributed by atoms with E-state index < -0.39 is 27.3 Å². The van der Waals surface area contributed by atoms with E-state index in [1.165, 1.54) is 0 Å². The van der Waals surface area contributed by atoms with E-state index in [-0.39, 0.29) is 6.54 Å². The Morgan fingerprint density at radius 1 is 1.28 bits per heavy atom. The van der Waals surface area contributed by atoms with E-state index in [1.807, 2.05) is 0 Å². The Kier molecular flexibility index (Phi) is 5.55. The standard InChI is InChI=1S/C11H22N2O4S/c1-17-10(14)8-18(15,16)13-9-11(12)6-4-2-3-5-7-11/h13H,2-9,12H2,1H3. The topological polar surface area (TPSA) is 98.5 Å². The molecule has 0 radical (unpaired) electrons. The van der Waals surface area contributed by atoms with Crippen LogP contribution in [-0.2, 0) is 19.6 Å². The minimum Gasteiger partial charge on any atom is -0.468 e. The zero-order chi connectivity index (χ0) is 13.6. The van der Waals surface area contributed by atoms with Crippen LogP contribution in [0.3, 0.4) is 0 Å². The molecule has 0 aromatic rings. The third-order valence-electron chi connectivity index (χ3n) is 3.28. The number of carbonyl (C=O) groups is 1.